The van der Waals surface area contributed by atoms with E-state index in [1.165, 1.54) is 9.80 Å². The molecule has 2 aromatic heterocycles. The first-order valence-corrected chi connectivity index (χ1v) is 13.5. The highest BCUT2D eigenvalue weighted by atomic mass is 19.4. The molecule has 1 amide bonds. The Labute approximate surface area is 243 Å². The number of aliphatic hydroxyl groups excluding tert-OH is 1. The van der Waals surface area contributed by atoms with Crippen LogP contribution in [0.15, 0.2) is 30.3 Å². The molecule has 16 heteroatoms. The molecule has 0 saturated heterocycles. The number of benzene rings is 1. The van der Waals surface area contributed by atoms with E-state index in [0.717, 1.165) is 4.80 Å². The number of rotatable bonds is 8. The second-order valence-electron chi connectivity index (χ2n) is 10.4. The predicted molar refractivity (Wildman–Crippen MR) is 142 cm³/mol. The minimum atomic E-state index is -5.04. The van der Waals surface area contributed by atoms with Crippen LogP contribution in [0.1, 0.15) is 67.7 Å². The maximum atomic E-state index is 13.7. The normalized spacial score (nSPS) is 17.3. The summed E-state index contributed by atoms with van der Waals surface area (Å²) in [5, 5.41) is 21.4. The number of hydrogen-bond donors (Lipinski definition) is 1. The number of ether oxygens (including phenoxy) is 1. The van der Waals surface area contributed by atoms with E-state index >= 15 is 0 Å². The molecule has 10 nitrogen and oxygen atoms in total. The summed E-state index contributed by atoms with van der Waals surface area (Å²) in [4.78, 5) is 21.8. The molecule has 0 saturated carbocycles. The van der Waals surface area contributed by atoms with Crippen LogP contribution in [-0.2, 0) is 30.2 Å². The molecule has 0 bridgehead atoms. The van der Waals surface area contributed by atoms with Crippen molar-refractivity contribution >= 4 is 17.7 Å². The quantitative estimate of drug-likeness (QED) is 0.322. The van der Waals surface area contributed by atoms with Gasteiger partial charge in [-0.2, -0.15) is 31.1 Å². The van der Waals surface area contributed by atoms with Crippen LogP contribution in [0, 0.1) is 6.92 Å². The molecule has 1 aromatic carbocycles. The van der Waals surface area contributed by atoms with E-state index in [2.05, 4.69) is 20.4 Å². The molecule has 0 radical (unpaired) electrons. The monoisotopic (exact) mass is 615 g/mol. The van der Waals surface area contributed by atoms with Crippen LogP contribution < -0.4 is 9.80 Å². The summed E-state index contributed by atoms with van der Waals surface area (Å²) in [6, 6.07) is 3.46. The molecule has 4 rings (SSSR count). The van der Waals surface area contributed by atoms with Gasteiger partial charge in [0.25, 0.3) is 5.95 Å². The van der Waals surface area contributed by atoms with Gasteiger partial charge in [0.2, 0.25) is 0 Å². The highest BCUT2D eigenvalue weighted by molar-refractivity contribution is 5.90. The molecule has 234 valence electrons. The zero-order valence-electron chi connectivity index (χ0n) is 23.8. The van der Waals surface area contributed by atoms with Gasteiger partial charge in [0, 0.05) is 18.3 Å². The van der Waals surface area contributed by atoms with E-state index in [1.54, 1.807) is 32.9 Å². The molecule has 0 aliphatic carbocycles. The number of halogens is 6. The van der Waals surface area contributed by atoms with Crippen LogP contribution in [0.2, 0.25) is 0 Å². The topological polar surface area (TPSA) is 110 Å². The number of carbonyl (C=O) groups excluding carboxylic acids is 1. The van der Waals surface area contributed by atoms with Crippen LogP contribution >= 0.6 is 0 Å². The van der Waals surface area contributed by atoms with Gasteiger partial charge < -0.3 is 14.7 Å². The van der Waals surface area contributed by atoms with Crippen molar-refractivity contribution < 1.29 is 41.0 Å². The van der Waals surface area contributed by atoms with E-state index in [9.17, 15) is 36.2 Å². The molecule has 1 aliphatic heterocycles. The third-order valence-electron chi connectivity index (χ3n) is 6.86. The standard InChI is InChI=1S/C27H31F6N7O3/c1-5-20-13-22(23-21(7-6-16(4)34-23)40(20)25(42)43-15(2)3)38(24-35-37-39(36-24)8-9-41)14-17-10-18(26(28,29)30)12-19(11-17)27(31,32)33/h6-7,10-12,15,20,22,41H,5,8-9,13-14H2,1-4H3. The first-order valence-electron chi connectivity index (χ1n) is 13.5. The fourth-order valence-corrected chi connectivity index (χ4v) is 4.98. The Kier molecular flexibility index (Phi) is 9.18. The van der Waals surface area contributed by atoms with Crippen LogP contribution in [0.4, 0.5) is 42.8 Å². The SMILES string of the molecule is CCC1CC(N(Cc2cc(C(F)(F)F)cc(C(F)(F)F)c2)c2nnn(CCO)n2)c2nc(C)ccc2N1C(=O)OC(C)C. The summed E-state index contributed by atoms with van der Waals surface area (Å²) in [6.45, 7) is 6.09. The summed E-state index contributed by atoms with van der Waals surface area (Å²) in [5.41, 5.74) is -1.93. The zero-order valence-corrected chi connectivity index (χ0v) is 23.8. The Morgan fingerprint density at radius 2 is 1.77 bits per heavy atom. The predicted octanol–water partition coefficient (Wildman–Crippen LogP) is 5.69. The highest BCUT2D eigenvalue weighted by Gasteiger charge is 2.42. The summed E-state index contributed by atoms with van der Waals surface area (Å²) in [7, 11) is 0. The molecule has 0 spiro atoms. The van der Waals surface area contributed by atoms with Crippen molar-refractivity contribution in [2.24, 2.45) is 0 Å². The summed E-state index contributed by atoms with van der Waals surface area (Å²) in [5.74, 6) is -0.105. The van der Waals surface area contributed by atoms with E-state index in [0.29, 0.717) is 35.6 Å². The number of alkyl halides is 6. The van der Waals surface area contributed by atoms with Gasteiger partial charge in [-0.1, -0.05) is 12.0 Å². The number of amides is 1. The van der Waals surface area contributed by atoms with Gasteiger partial charge in [-0.25, -0.2) is 4.79 Å². The van der Waals surface area contributed by atoms with Crippen molar-refractivity contribution in [3.05, 3.63) is 58.4 Å². The van der Waals surface area contributed by atoms with Crippen molar-refractivity contribution in [1.29, 1.82) is 0 Å². The number of carbonyl (C=O) groups is 1. The minimum absolute atomic E-state index is 0.0480. The average molecular weight is 616 g/mol. The lowest BCUT2D eigenvalue weighted by Gasteiger charge is -2.43. The van der Waals surface area contributed by atoms with Gasteiger partial charge in [-0.05, 0) is 74.7 Å². The second-order valence-corrected chi connectivity index (χ2v) is 10.4. The van der Waals surface area contributed by atoms with Crippen molar-refractivity contribution in [3.63, 3.8) is 0 Å². The third-order valence-corrected chi connectivity index (χ3v) is 6.86. The molecule has 1 aliphatic rings. The summed E-state index contributed by atoms with van der Waals surface area (Å²) >= 11 is 0. The number of pyridine rings is 1. The van der Waals surface area contributed by atoms with Crippen LogP contribution in [0.25, 0.3) is 0 Å². The first kappa shape index (κ1) is 32.0. The Morgan fingerprint density at radius 3 is 2.33 bits per heavy atom. The molecule has 43 heavy (non-hydrogen) atoms. The van der Waals surface area contributed by atoms with E-state index in [-0.39, 0.29) is 37.2 Å². The number of tetrazole rings is 1. The number of aromatic nitrogens is 5. The molecule has 2 atom stereocenters. The fraction of sp³-hybridized carbons (Fsp3) is 0.519. The number of hydrogen-bond acceptors (Lipinski definition) is 8. The maximum Gasteiger partial charge on any atom is 0.416 e. The molecular formula is C27H31F6N7O3. The van der Waals surface area contributed by atoms with Gasteiger partial charge in [0.05, 0.1) is 47.8 Å². The van der Waals surface area contributed by atoms with Crippen molar-refractivity contribution in [1.82, 2.24) is 25.2 Å². The lowest BCUT2D eigenvalue weighted by Crippen LogP contribution is -2.48. The second kappa shape index (κ2) is 12.3. The molecular weight excluding hydrogens is 584 g/mol. The van der Waals surface area contributed by atoms with Gasteiger partial charge >= 0.3 is 18.4 Å². The molecule has 0 fully saturated rings. The van der Waals surface area contributed by atoms with Gasteiger partial charge in [-0.3, -0.25) is 9.88 Å². The van der Waals surface area contributed by atoms with E-state index in [1.807, 2.05) is 6.92 Å². The van der Waals surface area contributed by atoms with Crippen LogP contribution in [0.3, 0.4) is 0 Å². The fourth-order valence-electron chi connectivity index (χ4n) is 4.98. The summed E-state index contributed by atoms with van der Waals surface area (Å²) in [6.07, 6.45) is -10.5. The van der Waals surface area contributed by atoms with E-state index < -0.39 is 54.3 Å². The van der Waals surface area contributed by atoms with Crippen LogP contribution in [0.5, 0.6) is 0 Å². The summed E-state index contributed by atoms with van der Waals surface area (Å²) < 4.78 is 87.6. The van der Waals surface area contributed by atoms with Crippen molar-refractivity contribution in [2.75, 3.05) is 16.4 Å². The van der Waals surface area contributed by atoms with Gasteiger partial charge in [0.15, 0.2) is 0 Å². The first-order chi connectivity index (χ1) is 20.1. The van der Waals surface area contributed by atoms with E-state index in [4.69, 9.17) is 4.74 Å². The average Bonchev–Trinajstić information content (AvgIpc) is 3.38. The highest BCUT2D eigenvalue weighted by Crippen LogP contribution is 2.43. The van der Waals surface area contributed by atoms with Crippen LogP contribution in [-0.4, -0.2) is 55.1 Å². The minimum Gasteiger partial charge on any atom is -0.446 e. The third kappa shape index (κ3) is 7.17. The largest absolute Gasteiger partial charge is 0.446 e. The lowest BCUT2D eigenvalue weighted by atomic mass is 9.91. The number of nitrogens with zero attached hydrogens (tertiary/aromatic N) is 7. The van der Waals surface area contributed by atoms with Gasteiger partial charge in [0.1, 0.15) is 0 Å². The number of aryl methyl sites for hydroxylation is 1. The smallest absolute Gasteiger partial charge is 0.416 e. The molecule has 1 N–H and O–H groups in total. The lowest BCUT2D eigenvalue weighted by molar-refractivity contribution is -0.143. The van der Waals surface area contributed by atoms with Crippen molar-refractivity contribution in [3.8, 4) is 0 Å². The molecule has 3 heterocycles. The Bertz CT molecular complexity index is 1410. The number of fused-ring (bicyclic) bond motifs is 1. The molecule has 2 unspecified atom stereocenters. The van der Waals surface area contributed by atoms with Gasteiger partial charge in [-0.15, -0.1) is 5.10 Å². The Morgan fingerprint density at radius 1 is 1.12 bits per heavy atom. The Hall–Kier alpha value is -3.95. The zero-order chi connectivity index (χ0) is 31.7. The number of aliphatic hydroxyl groups is 1. The maximum absolute atomic E-state index is 13.7. The Balaban J connectivity index is 1.89. The number of anilines is 2. The molecule has 3 aromatic rings. The van der Waals surface area contributed by atoms with Crippen molar-refractivity contribution in [2.45, 2.75) is 84.2 Å².